The van der Waals surface area contributed by atoms with Crippen LogP contribution in [0.1, 0.15) is 34.7 Å². The first-order valence-electron chi connectivity index (χ1n) is 12.2. The van der Waals surface area contributed by atoms with Crippen LogP contribution in [0.25, 0.3) is 0 Å². The number of ether oxygens (including phenoxy) is 2. The number of hydrogen-bond acceptors (Lipinski definition) is 6. The van der Waals surface area contributed by atoms with Crippen molar-refractivity contribution in [3.05, 3.63) is 105 Å². The van der Waals surface area contributed by atoms with E-state index in [1.54, 1.807) is 48.5 Å². The Morgan fingerprint density at radius 1 is 1.05 bits per heavy atom. The molecule has 2 heterocycles. The number of urea groups is 1. The highest BCUT2D eigenvalue weighted by Gasteiger charge is 2.34. The quantitative estimate of drug-likeness (QED) is 0.376. The third kappa shape index (κ3) is 5.87. The Kier molecular flexibility index (Phi) is 7.48. The second-order valence-corrected chi connectivity index (χ2v) is 9.40. The molecular formula is C29H23ClN4O5. The van der Waals surface area contributed by atoms with E-state index in [4.69, 9.17) is 21.1 Å². The summed E-state index contributed by atoms with van der Waals surface area (Å²) in [5.74, 6) is -0.450. The molecule has 3 amide bonds. The smallest absolute Gasteiger partial charge is 0.338 e. The predicted molar refractivity (Wildman–Crippen MR) is 143 cm³/mol. The molecule has 0 saturated carbocycles. The predicted octanol–water partition coefficient (Wildman–Crippen LogP) is 4.53. The molecule has 39 heavy (non-hydrogen) atoms. The summed E-state index contributed by atoms with van der Waals surface area (Å²) in [6.45, 7) is -0.155. The number of hydrogen-bond donors (Lipinski definition) is 3. The van der Waals surface area contributed by atoms with E-state index < -0.39 is 18.0 Å². The molecule has 0 fully saturated rings. The Balaban J connectivity index is 1.49. The third-order valence-corrected chi connectivity index (χ3v) is 6.74. The standard InChI is InChI=1S/C29H23ClN4O5/c30-21-7-2-1-6-19(21)8-10-22-26(28(36)39-15-18-5-3-4-17(12-18)14-31)27(34-29(37)33-22)20-9-11-24-23(13-20)32-25(35)16-38-24/h1-7,9,11-13,27H,8,10,15-16H2,(H,32,35)(H2,33,34,37)/t27-/m0/s1. The van der Waals surface area contributed by atoms with Crippen LogP contribution in [-0.2, 0) is 27.4 Å². The molecule has 0 bridgehead atoms. The van der Waals surface area contributed by atoms with Gasteiger partial charge in [0, 0.05) is 10.7 Å². The van der Waals surface area contributed by atoms with Gasteiger partial charge < -0.3 is 25.4 Å². The lowest BCUT2D eigenvalue weighted by atomic mass is 9.92. The molecule has 3 aromatic rings. The number of halogens is 1. The van der Waals surface area contributed by atoms with Crippen molar-refractivity contribution < 1.29 is 23.9 Å². The van der Waals surface area contributed by atoms with Crippen LogP contribution in [0.3, 0.4) is 0 Å². The molecule has 3 aromatic carbocycles. The zero-order chi connectivity index (χ0) is 27.4. The van der Waals surface area contributed by atoms with Gasteiger partial charge in [-0.05, 0) is 59.9 Å². The summed E-state index contributed by atoms with van der Waals surface area (Å²) in [4.78, 5) is 38.2. The minimum Gasteiger partial charge on any atom is -0.482 e. The minimum absolute atomic E-state index is 0.0651. The van der Waals surface area contributed by atoms with Crippen molar-refractivity contribution >= 4 is 35.2 Å². The second-order valence-electron chi connectivity index (χ2n) is 9.00. The van der Waals surface area contributed by atoms with E-state index in [1.165, 1.54) is 0 Å². The molecule has 0 radical (unpaired) electrons. The fourth-order valence-electron chi connectivity index (χ4n) is 4.50. The van der Waals surface area contributed by atoms with Gasteiger partial charge in [-0.2, -0.15) is 5.26 Å². The van der Waals surface area contributed by atoms with Crippen molar-refractivity contribution in [3.63, 3.8) is 0 Å². The minimum atomic E-state index is -0.859. The average Bonchev–Trinajstić information content (AvgIpc) is 2.94. The number of nitrogens with zero attached hydrogens (tertiary/aromatic N) is 1. The molecule has 0 aromatic heterocycles. The maximum atomic E-state index is 13.6. The maximum absolute atomic E-state index is 13.6. The van der Waals surface area contributed by atoms with Crippen LogP contribution in [-0.4, -0.2) is 24.5 Å². The normalized spacial score (nSPS) is 16.2. The van der Waals surface area contributed by atoms with E-state index in [0.29, 0.717) is 51.7 Å². The van der Waals surface area contributed by atoms with Gasteiger partial charge in [0.05, 0.1) is 28.9 Å². The van der Waals surface area contributed by atoms with E-state index in [2.05, 4.69) is 22.0 Å². The lowest BCUT2D eigenvalue weighted by Crippen LogP contribution is -2.46. The van der Waals surface area contributed by atoms with Crippen molar-refractivity contribution in [1.29, 1.82) is 5.26 Å². The number of anilines is 1. The average molecular weight is 543 g/mol. The Labute approximate surface area is 229 Å². The summed E-state index contributed by atoms with van der Waals surface area (Å²) in [6.07, 6.45) is 0.782. The molecule has 0 unspecified atom stereocenters. The number of rotatable bonds is 7. The van der Waals surface area contributed by atoms with Crippen LogP contribution in [0, 0.1) is 11.3 Å². The van der Waals surface area contributed by atoms with Crippen LogP contribution in [0.4, 0.5) is 10.5 Å². The highest BCUT2D eigenvalue weighted by molar-refractivity contribution is 6.31. The van der Waals surface area contributed by atoms with E-state index in [0.717, 1.165) is 5.56 Å². The Morgan fingerprint density at radius 3 is 2.72 bits per heavy atom. The molecule has 2 aliphatic rings. The van der Waals surface area contributed by atoms with E-state index in [1.807, 2.05) is 18.2 Å². The van der Waals surface area contributed by atoms with Gasteiger partial charge >= 0.3 is 12.0 Å². The number of nitrogens with one attached hydrogen (secondary N) is 3. The molecule has 0 spiro atoms. The number of allylic oxidation sites excluding steroid dienone is 1. The summed E-state index contributed by atoms with van der Waals surface area (Å²) < 4.78 is 11.1. The highest BCUT2D eigenvalue weighted by Crippen LogP contribution is 2.35. The fourth-order valence-corrected chi connectivity index (χ4v) is 4.73. The van der Waals surface area contributed by atoms with E-state index >= 15 is 0 Å². The van der Waals surface area contributed by atoms with Crippen LogP contribution in [0.15, 0.2) is 78.0 Å². The first-order chi connectivity index (χ1) is 18.9. The van der Waals surface area contributed by atoms with Gasteiger partial charge in [-0.25, -0.2) is 9.59 Å². The van der Waals surface area contributed by atoms with Crippen LogP contribution < -0.4 is 20.7 Å². The number of carbonyl (C=O) groups is 3. The van der Waals surface area contributed by atoms with Gasteiger partial charge in [-0.1, -0.05) is 48.0 Å². The molecule has 10 heteroatoms. The number of aryl methyl sites for hydroxylation is 1. The summed E-state index contributed by atoms with van der Waals surface area (Å²) in [7, 11) is 0. The number of esters is 1. The molecule has 3 N–H and O–H groups in total. The first kappa shape index (κ1) is 25.8. The first-order valence-corrected chi connectivity index (χ1v) is 12.6. The number of benzene rings is 3. The van der Waals surface area contributed by atoms with E-state index in [-0.39, 0.29) is 24.7 Å². The number of nitriles is 1. The van der Waals surface area contributed by atoms with Crippen molar-refractivity contribution in [1.82, 2.24) is 10.6 Å². The number of amides is 3. The number of carbonyl (C=O) groups excluding carboxylic acids is 3. The third-order valence-electron chi connectivity index (χ3n) is 6.37. The molecule has 0 saturated heterocycles. The van der Waals surface area contributed by atoms with E-state index in [9.17, 15) is 19.6 Å². The van der Waals surface area contributed by atoms with Crippen molar-refractivity contribution in [2.75, 3.05) is 11.9 Å². The Hall–Kier alpha value is -4.81. The zero-order valence-electron chi connectivity index (χ0n) is 20.6. The monoisotopic (exact) mass is 542 g/mol. The zero-order valence-corrected chi connectivity index (χ0v) is 21.4. The van der Waals surface area contributed by atoms with Gasteiger partial charge in [0.15, 0.2) is 6.61 Å². The molecular weight excluding hydrogens is 520 g/mol. The SMILES string of the molecule is N#Cc1cccc(COC(=O)C2=C(CCc3ccccc3Cl)NC(=O)N[C@H]2c2ccc3c(c2)NC(=O)CO3)c1. The van der Waals surface area contributed by atoms with Gasteiger partial charge in [0.25, 0.3) is 5.91 Å². The van der Waals surface area contributed by atoms with Gasteiger partial charge in [0.1, 0.15) is 12.4 Å². The van der Waals surface area contributed by atoms with Crippen LogP contribution in [0.5, 0.6) is 5.75 Å². The molecule has 2 aliphatic heterocycles. The van der Waals surface area contributed by atoms with Gasteiger partial charge in [-0.3, -0.25) is 4.79 Å². The van der Waals surface area contributed by atoms with Gasteiger partial charge in [-0.15, -0.1) is 0 Å². The number of fused-ring (bicyclic) bond motifs is 1. The largest absolute Gasteiger partial charge is 0.482 e. The van der Waals surface area contributed by atoms with Crippen molar-refractivity contribution in [2.24, 2.45) is 0 Å². The summed E-state index contributed by atoms with van der Waals surface area (Å²) in [6, 6.07) is 19.9. The maximum Gasteiger partial charge on any atom is 0.338 e. The summed E-state index contributed by atoms with van der Waals surface area (Å²) >= 11 is 6.34. The van der Waals surface area contributed by atoms with Gasteiger partial charge in [0.2, 0.25) is 0 Å². The van der Waals surface area contributed by atoms with Crippen LogP contribution in [0.2, 0.25) is 5.02 Å². The summed E-state index contributed by atoms with van der Waals surface area (Å²) in [5, 5.41) is 18.1. The fraction of sp³-hybridized carbons (Fsp3) is 0.172. The lowest BCUT2D eigenvalue weighted by Gasteiger charge is -2.30. The molecule has 196 valence electrons. The molecule has 9 nitrogen and oxygen atoms in total. The molecule has 1 atom stereocenters. The Morgan fingerprint density at radius 2 is 1.90 bits per heavy atom. The van der Waals surface area contributed by atoms with Crippen molar-refractivity contribution in [2.45, 2.75) is 25.5 Å². The summed E-state index contributed by atoms with van der Waals surface area (Å²) in [5.41, 5.74) is 3.59. The topological polar surface area (TPSA) is 130 Å². The highest BCUT2D eigenvalue weighted by atomic mass is 35.5. The van der Waals surface area contributed by atoms with Crippen LogP contribution >= 0.6 is 11.6 Å². The second kappa shape index (κ2) is 11.3. The molecule has 5 rings (SSSR count). The molecule has 0 aliphatic carbocycles. The Bertz CT molecular complexity index is 1540. The van der Waals surface area contributed by atoms with Crippen molar-refractivity contribution in [3.8, 4) is 11.8 Å². The lowest BCUT2D eigenvalue weighted by molar-refractivity contribution is -0.140.